The van der Waals surface area contributed by atoms with Gasteiger partial charge < -0.3 is 5.11 Å². The summed E-state index contributed by atoms with van der Waals surface area (Å²) in [5, 5.41) is 17.8. The summed E-state index contributed by atoms with van der Waals surface area (Å²) in [5.74, 6) is -1.49. The maximum atomic E-state index is 13.0. The highest BCUT2D eigenvalue weighted by Gasteiger charge is 2.26. The second kappa shape index (κ2) is 3.11. The molecule has 2 nitrogen and oxygen atoms in total. The first-order chi connectivity index (χ1) is 5.97. The van der Waals surface area contributed by atoms with Gasteiger partial charge in [0, 0.05) is 5.56 Å². The van der Waals surface area contributed by atoms with Gasteiger partial charge in [-0.05, 0) is 25.1 Å². The lowest BCUT2D eigenvalue weighted by Crippen LogP contribution is -2.20. The lowest BCUT2D eigenvalue weighted by Gasteiger charge is -2.14. The third-order valence-electron chi connectivity index (χ3n) is 1.67. The molecule has 1 N–H and O–H groups in total. The fourth-order valence-electron chi connectivity index (χ4n) is 0.931. The topological polar surface area (TPSA) is 44.0 Å². The van der Waals surface area contributed by atoms with Crippen LogP contribution in [0.4, 0.5) is 8.78 Å². The Labute approximate surface area is 74.0 Å². The van der Waals surface area contributed by atoms with Crippen LogP contribution in [0.1, 0.15) is 12.5 Å². The molecule has 0 aliphatic heterocycles. The van der Waals surface area contributed by atoms with Crippen molar-refractivity contribution in [2.75, 3.05) is 0 Å². The molecule has 0 fully saturated rings. The first-order valence-electron chi connectivity index (χ1n) is 3.56. The molecule has 4 heteroatoms. The second-order valence-corrected chi connectivity index (χ2v) is 2.81. The Bertz CT molecular complexity index is 368. The van der Waals surface area contributed by atoms with E-state index in [1.54, 1.807) is 0 Å². The van der Waals surface area contributed by atoms with Gasteiger partial charge in [0.05, 0.1) is 0 Å². The fourth-order valence-corrected chi connectivity index (χ4v) is 0.931. The number of halogens is 2. The molecule has 0 spiro atoms. The van der Waals surface area contributed by atoms with E-state index in [0.29, 0.717) is 0 Å². The largest absolute Gasteiger partial charge is 0.372 e. The predicted octanol–water partition coefficient (Wildman–Crippen LogP) is 1.70. The second-order valence-electron chi connectivity index (χ2n) is 2.81. The van der Waals surface area contributed by atoms with E-state index in [1.807, 2.05) is 0 Å². The monoisotopic (exact) mass is 183 g/mol. The third-order valence-corrected chi connectivity index (χ3v) is 1.67. The minimum absolute atomic E-state index is 0.352. The fraction of sp³-hybridized carbons (Fsp3) is 0.222. The standard InChI is InChI=1S/C9H7F2NO/c1-9(13,5-12)7-4-6(10)2-3-8(7)11/h2-4,13H,1H3. The number of rotatable bonds is 1. The van der Waals surface area contributed by atoms with Crippen molar-refractivity contribution in [3.63, 3.8) is 0 Å². The van der Waals surface area contributed by atoms with Gasteiger partial charge in [-0.25, -0.2) is 8.78 Å². The van der Waals surface area contributed by atoms with Crippen LogP contribution in [-0.4, -0.2) is 5.11 Å². The molecule has 13 heavy (non-hydrogen) atoms. The number of hydrogen-bond acceptors (Lipinski definition) is 2. The molecule has 68 valence electrons. The Morgan fingerprint density at radius 1 is 1.46 bits per heavy atom. The molecule has 0 amide bonds. The predicted molar refractivity (Wildman–Crippen MR) is 41.5 cm³/mol. The van der Waals surface area contributed by atoms with Crippen LogP contribution in [-0.2, 0) is 5.60 Å². The Kier molecular flexibility index (Phi) is 2.30. The number of nitriles is 1. The minimum atomic E-state index is -1.99. The zero-order chi connectivity index (χ0) is 10.1. The first-order valence-corrected chi connectivity index (χ1v) is 3.56. The van der Waals surface area contributed by atoms with E-state index in [-0.39, 0.29) is 5.56 Å². The van der Waals surface area contributed by atoms with Crippen LogP contribution >= 0.6 is 0 Å². The number of benzene rings is 1. The normalized spacial score (nSPS) is 14.7. The van der Waals surface area contributed by atoms with Gasteiger partial charge in [0.25, 0.3) is 0 Å². The van der Waals surface area contributed by atoms with E-state index in [9.17, 15) is 13.9 Å². The first kappa shape index (κ1) is 9.62. The van der Waals surface area contributed by atoms with Crippen molar-refractivity contribution in [1.82, 2.24) is 0 Å². The van der Waals surface area contributed by atoms with Crippen LogP contribution in [0.2, 0.25) is 0 Å². The highest BCUT2D eigenvalue weighted by atomic mass is 19.1. The molecule has 0 aromatic heterocycles. The number of nitrogens with zero attached hydrogens (tertiary/aromatic N) is 1. The average Bonchev–Trinajstić information content (AvgIpc) is 2.09. The number of hydrogen-bond donors (Lipinski definition) is 1. The molecule has 0 radical (unpaired) electrons. The van der Waals surface area contributed by atoms with Crippen LogP contribution in [0.3, 0.4) is 0 Å². The molecule has 0 saturated carbocycles. The smallest absolute Gasteiger partial charge is 0.176 e. The molecular weight excluding hydrogens is 176 g/mol. The van der Waals surface area contributed by atoms with Crippen molar-refractivity contribution in [3.05, 3.63) is 35.4 Å². The molecule has 0 heterocycles. The third kappa shape index (κ3) is 1.82. The summed E-state index contributed by atoms with van der Waals surface area (Å²) in [6, 6.07) is 4.07. The van der Waals surface area contributed by atoms with Gasteiger partial charge in [-0.1, -0.05) is 0 Å². The van der Waals surface area contributed by atoms with E-state index in [0.717, 1.165) is 25.1 Å². The van der Waals surface area contributed by atoms with Gasteiger partial charge in [-0.2, -0.15) is 5.26 Å². The minimum Gasteiger partial charge on any atom is -0.372 e. The van der Waals surface area contributed by atoms with Gasteiger partial charge in [0.1, 0.15) is 17.7 Å². The zero-order valence-corrected chi connectivity index (χ0v) is 6.88. The van der Waals surface area contributed by atoms with Gasteiger partial charge in [-0.3, -0.25) is 0 Å². The highest BCUT2D eigenvalue weighted by Crippen LogP contribution is 2.23. The van der Waals surface area contributed by atoms with Crippen molar-refractivity contribution in [1.29, 1.82) is 5.26 Å². The molecule has 0 bridgehead atoms. The molecule has 0 saturated heterocycles. The van der Waals surface area contributed by atoms with Crippen LogP contribution in [0, 0.1) is 23.0 Å². The number of aliphatic hydroxyl groups is 1. The molecule has 1 unspecified atom stereocenters. The Morgan fingerprint density at radius 2 is 2.08 bits per heavy atom. The molecule has 1 aromatic carbocycles. The summed E-state index contributed by atoms with van der Waals surface area (Å²) in [6.07, 6.45) is 0. The van der Waals surface area contributed by atoms with E-state index in [2.05, 4.69) is 0 Å². The van der Waals surface area contributed by atoms with Crippen molar-refractivity contribution in [3.8, 4) is 6.07 Å². The summed E-state index contributed by atoms with van der Waals surface area (Å²) in [7, 11) is 0. The molecule has 1 atom stereocenters. The zero-order valence-electron chi connectivity index (χ0n) is 6.88. The SMILES string of the molecule is CC(O)(C#N)c1cc(F)ccc1F. The van der Waals surface area contributed by atoms with E-state index in [1.165, 1.54) is 6.07 Å². The molecule has 0 aliphatic rings. The summed E-state index contributed by atoms with van der Waals surface area (Å²) in [5.41, 5.74) is -2.35. The Morgan fingerprint density at radius 3 is 2.62 bits per heavy atom. The van der Waals surface area contributed by atoms with E-state index in [4.69, 9.17) is 5.26 Å². The van der Waals surface area contributed by atoms with Crippen molar-refractivity contribution < 1.29 is 13.9 Å². The summed E-state index contributed by atoms with van der Waals surface area (Å²) < 4.78 is 25.6. The summed E-state index contributed by atoms with van der Waals surface area (Å²) >= 11 is 0. The lowest BCUT2D eigenvalue weighted by molar-refractivity contribution is 0.115. The highest BCUT2D eigenvalue weighted by molar-refractivity contribution is 5.29. The maximum absolute atomic E-state index is 13.0. The van der Waals surface area contributed by atoms with E-state index < -0.39 is 17.2 Å². The molecular formula is C9H7F2NO. The Hall–Kier alpha value is -1.47. The lowest BCUT2D eigenvalue weighted by atomic mass is 9.97. The Balaban J connectivity index is 3.30. The summed E-state index contributed by atoms with van der Waals surface area (Å²) in [4.78, 5) is 0. The van der Waals surface area contributed by atoms with Crippen LogP contribution in [0.5, 0.6) is 0 Å². The molecule has 1 rings (SSSR count). The quantitative estimate of drug-likeness (QED) is 0.673. The van der Waals surface area contributed by atoms with Gasteiger partial charge >= 0.3 is 0 Å². The van der Waals surface area contributed by atoms with Gasteiger partial charge in [-0.15, -0.1) is 0 Å². The van der Waals surface area contributed by atoms with Crippen molar-refractivity contribution in [2.24, 2.45) is 0 Å². The summed E-state index contributed by atoms with van der Waals surface area (Å²) in [6.45, 7) is 1.10. The van der Waals surface area contributed by atoms with Gasteiger partial charge in [0.15, 0.2) is 5.60 Å². The van der Waals surface area contributed by atoms with Crippen molar-refractivity contribution in [2.45, 2.75) is 12.5 Å². The van der Waals surface area contributed by atoms with E-state index >= 15 is 0 Å². The van der Waals surface area contributed by atoms with Crippen LogP contribution < -0.4 is 0 Å². The maximum Gasteiger partial charge on any atom is 0.176 e. The van der Waals surface area contributed by atoms with Crippen molar-refractivity contribution >= 4 is 0 Å². The average molecular weight is 183 g/mol. The van der Waals surface area contributed by atoms with Crippen LogP contribution in [0.25, 0.3) is 0 Å². The molecule has 0 aliphatic carbocycles. The van der Waals surface area contributed by atoms with Gasteiger partial charge in [0.2, 0.25) is 0 Å². The van der Waals surface area contributed by atoms with Crippen LogP contribution in [0.15, 0.2) is 18.2 Å². The molecule has 1 aromatic rings.